The Balaban J connectivity index is 1.87. The quantitative estimate of drug-likeness (QED) is 0.194. The molecule has 0 unspecified atom stereocenters. The van der Waals surface area contributed by atoms with E-state index in [1.54, 1.807) is 13.8 Å². The van der Waals surface area contributed by atoms with Gasteiger partial charge in [0, 0.05) is 17.8 Å². The number of aromatic nitrogens is 5. The third-order valence-corrected chi connectivity index (χ3v) is 7.93. The Morgan fingerprint density at radius 3 is 1.70 bits per heavy atom. The van der Waals surface area contributed by atoms with E-state index in [2.05, 4.69) is 15.3 Å². The topological polar surface area (TPSA) is 65.6 Å². The van der Waals surface area contributed by atoms with E-state index in [9.17, 15) is 79.4 Å². The van der Waals surface area contributed by atoms with E-state index in [1.165, 1.54) is 18.3 Å². The molecule has 0 amide bonds. The van der Waals surface area contributed by atoms with Crippen molar-refractivity contribution in [3.63, 3.8) is 0 Å². The lowest BCUT2D eigenvalue weighted by Crippen LogP contribution is -2.74. The van der Waals surface area contributed by atoms with E-state index < -0.39 is 72.7 Å². The summed E-state index contributed by atoms with van der Waals surface area (Å²) >= 11 is 1.20. The molecular formula is C22H16F17N5OS. The monoisotopic (exact) mass is 721 g/mol. The van der Waals surface area contributed by atoms with E-state index in [0.29, 0.717) is 16.6 Å². The van der Waals surface area contributed by atoms with Crippen molar-refractivity contribution in [2.24, 2.45) is 0 Å². The van der Waals surface area contributed by atoms with Gasteiger partial charge >= 0.3 is 47.6 Å². The van der Waals surface area contributed by atoms with Crippen LogP contribution < -0.4 is 5.56 Å². The van der Waals surface area contributed by atoms with Gasteiger partial charge < -0.3 is 0 Å². The fraction of sp³-hybridized carbons (Fsp3) is 0.636. The van der Waals surface area contributed by atoms with Crippen molar-refractivity contribution in [3.8, 4) is 0 Å². The van der Waals surface area contributed by atoms with Gasteiger partial charge in [-0.05, 0) is 26.3 Å². The molecule has 24 heteroatoms. The Bertz CT molecular complexity index is 1670. The number of hydrogen-bond donors (Lipinski definition) is 0. The second-order valence-electron chi connectivity index (χ2n) is 9.89. The maximum absolute atomic E-state index is 14.2. The Kier molecular flexibility index (Phi) is 8.84. The van der Waals surface area contributed by atoms with Gasteiger partial charge in [-0.2, -0.15) is 74.6 Å². The van der Waals surface area contributed by atoms with Crippen molar-refractivity contribution >= 4 is 21.6 Å². The molecule has 46 heavy (non-hydrogen) atoms. The zero-order chi connectivity index (χ0) is 35.9. The van der Waals surface area contributed by atoms with Gasteiger partial charge in [-0.3, -0.25) is 14.0 Å². The number of rotatable bonds is 11. The van der Waals surface area contributed by atoms with Crippen molar-refractivity contribution in [2.45, 2.75) is 87.9 Å². The average Bonchev–Trinajstić information content (AvgIpc) is 3.47. The molecule has 0 bridgehead atoms. The first-order chi connectivity index (χ1) is 20.4. The molecule has 0 radical (unpaired) electrons. The molecule has 3 aromatic rings. The van der Waals surface area contributed by atoms with E-state index in [-0.39, 0.29) is 21.6 Å². The first-order valence-electron chi connectivity index (χ1n) is 12.0. The zero-order valence-corrected chi connectivity index (χ0v) is 23.5. The largest absolute Gasteiger partial charge is 0.460 e. The second-order valence-corrected chi connectivity index (χ2v) is 11.1. The number of fused-ring (bicyclic) bond motifs is 1. The molecule has 3 heterocycles. The molecule has 0 N–H and O–H groups in total. The SMILES string of the molecule is Cc1sc2nc(C)n(Cc3cn(CCC(F)(F)C(F)(F)C(F)(F)C(F)(F)C(F)(F)C(F)(F)C(F)(F)C(F)(F)F)nn3)c(=O)c2c1C. The first-order valence-corrected chi connectivity index (χ1v) is 12.8. The van der Waals surface area contributed by atoms with E-state index in [1.807, 2.05) is 0 Å². The summed E-state index contributed by atoms with van der Waals surface area (Å²) in [6.07, 6.45) is -9.84. The number of halogens is 17. The molecule has 6 nitrogen and oxygen atoms in total. The third kappa shape index (κ3) is 5.26. The summed E-state index contributed by atoms with van der Waals surface area (Å²) in [6, 6.07) is 0. The van der Waals surface area contributed by atoms with Gasteiger partial charge in [-0.25, -0.2) is 4.98 Å². The van der Waals surface area contributed by atoms with Crippen LogP contribution in [0.15, 0.2) is 11.0 Å². The predicted molar refractivity (Wildman–Crippen MR) is 123 cm³/mol. The lowest BCUT2D eigenvalue weighted by Gasteiger charge is -2.42. The van der Waals surface area contributed by atoms with Crippen LogP contribution in [0.25, 0.3) is 10.2 Å². The molecule has 3 aromatic heterocycles. The molecule has 0 aliphatic heterocycles. The van der Waals surface area contributed by atoms with Crippen LogP contribution in [0.2, 0.25) is 0 Å². The van der Waals surface area contributed by atoms with Gasteiger partial charge in [0.2, 0.25) is 0 Å². The van der Waals surface area contributed by atoms with Crippen molar-refractivity contribution in [1.82, 2.24) is 24.5 Å². The fourth-order valence-corrected chi connectivity index (χ4v) is 4.97. The first kappa shape index (κ1) is 37.2. The summed E-state index contributed by atoms with van der Waals surface area (Å²) in [7, 11) is 0. The number of alkyl halides is 17. The van der Waals surface area contributed by atoms with Gasteiger partial charge in [-0.15, -0.1) is 16.4 Å². The molecule has 0 fully saturated rings. The van der Waals surface area contributed by atoms with Gasteiger partial charge in [0.05, 0.1) is 18.1 Å². The molecule has 0 aliphatic rings. The minimum atomic E-state index is -8.68. The standard InChI is InChI=1S/C22H16F17N5OS/c1-8-9(2)46-13-12(8)14(45)44(10(3)40-13)7-11-6-43(42-41-11)5-4-15(23,24)16(25,26)17(27,28)18(29,30)19(31,32)20(33,34)21(35,36)22(37,38)39/h6H,4-5,7H2,1-3H3. The summed E-state index contributed by atoms with van der Waals surface area (Å²) < 4.78 is 230. The van der Waals surface area contributed by atoms with Gasteiger partial charge in [0.1, 0.15) is 16.3 Å². The molecule has 0 aliphatic carbocycles. The summed E-state index contributed by atoms with van der Waals surface area (Å²) in [6.45, 7) is 2.58. The van der Waals surface area contributed by atoms with Crippen LogP contribution >= 0.6 is 11.3 Å². The molecule has 0 saturated heterocycles. The van der Waals surface area contributed by atoms with Gasteiger partial charge in [0.15, 0.2) is 0 Å². The summed E-state index contributed by atoms with van der Waals surface area (Å²) in [4.78, 5) is 18.3. The Labute approximate surface area is 247 Å². The predicted octanol–water partition coefficient (Wildman–Crippen LogP) is 7.42. The van der Waals surface area contributed by atoms with Crippen molar-refractivity contribution < 1.29 is 74.6 Å². The highest BCUT2D eigenvalue weighted by Crippen LogP contribution is 2.64. The summed E-state index contributed by atoms with van der Waals surface area (Å²) in [5, 5.41) is 6.83. The molecule has 0 spiro atoms. The third-order valence-electron chi connectivity index (χ3n) is 6.83. The number of nitrogens with zero attached hydrogens (tertiary/aromatic N) is 5. The van der Waals surface area contributed by atoms with Crippen molar-refractivity contribution in [3.05, 3.63) is 38.5 Å². The van der Waals surface area contributed by atoms with Crippen LogP contribution in [-0.2, 0) is 13.1 Å². The minimum absolute atomic E-state index is 0.109. The Hall–Kier alpha value is -3.21. The molecular weight excluding hydrogens is 705 g/mol. The average molecular weight is 721 g/mol. The summed E-state index contributed by atoms with van der Waals surface area (Å²) in [5.74, 6) is -56.7. The van der Waals surface area contributed by atoms with Crippen LogP contribution in [0.5, 0.6) is 0 Å². The smallest absolute Gasteiger partial charge is 0.290 e. The number of aryl methyl sites for hydroxylation is 4. The van der Waals surface area contributed by atoms with E-state index in [4.69, 9.17) is 0 Å². The lowest BCUT2D eigenvalue weighted by molar-refractivity contribution is -0.461. The van der Waals surface area contributed by atoms with Crippen molar-refractivity contribution in [2.75, 3.05) is 0 Å². The van der Waals surface area contributed by atoms with Crippen LogP contribution in [0.1, 0.15) is 28.4 Å². The maximum Gasteiger partial charge on any atom is 0.460 e. The van der Waals surface area contributed by atoms with E-state index >= 15 is 0 Å². The highest BCUT2D eigenvalue weighted by molar-refractivity contribution is 7.18. The highest BCUT2D eigenvalue weighted by atomic mass is 32.1. The number of hydrogen-bond acceptors (Lipinski definition) is 5. The van der Waals surface area contributed by atoms with Gasteiger partial charge in [-0.1, -0.05) is 5.21 Å². The Morgan fingerprint density at radius 2 is 1.20 bits per heavy atom. The van der Waals surface area contributed by atoms with Crippen molar-refractivity contribution in [1.29, 1.82) is 0 Å². The normalized spacial score (nSPS) is 14.9. The molecule has 0 saturated carbocycles. The van der Waals surface area contributed by atoms with E-state index in [0.717, 1.165) is 9.44 Å². The van der Waals surface area contributed by atoms with Crippen LogP contribution in [-0.4, -0.2) is 72.2 Å². The fourth-order valence-electron chi connectivity index (χ4n) is 3.91. The zero-order valence-electron chi connectivity index (χ0n) is 22.7. The number of thiophene rings is 1. The van der Waals surface area contributed by atoms with Crippen LogP contribution in [0.3, 0.4) is 0 Å². The minimum Gasteiger partial charge on any atom is -0.290 e. The molecule has 3 rings (SSSR count). The molecule has 260 valence electrons. The second kappa shape index (κ2) is 10.9. The highest BCUT2D eigenvalue weighted by Gasteiger charge is 2.95. The molecule has 0 aromatic carbocycles. The summed E-state index contributed by atoms with van der Waals surface area (Å²) in [5.41, 5.74) is -0.282. The maximum atomic E-state index is 14.2. The lowest BCUT2D eigenvalue weighted by atomic mass is 9.88. The Morgan fingerprint density at radius 1 is 0.717 bits per heavy atom. The van der Waals surface area contributed by atoms with Gasteiger partial charge in [0.25, 0.3) is 5.56 Å². The van der Waals surface area contributed by atoms with Crippen LogP contribution in [0.4, 0.5) is 74.6 Å². The molecule has 0 atom stereocenters. The van der Waals surface area contributed by atoms with Crippen LogP contribution in [0, 0.1) is 20.8 Å².